The predicted molar refractivity (Wildman–Crippen MR) is 201 cm³/mol. The number of carbonyl (C=O) groups is 6. The van der Waals surface area contributed by atoms with Crippen LogP contribution in [0.5, 0.6) is 11.5 Å². The summed E-state index contributed by atoms with van der Waals surface area (Å²) in [6.45, 7) is 2.11. The molecule has 19 nitrogen and oxygen atoms in total. The van der Waals surface area contributed by atoms with Gasteiger partial charge in [0.05, 0.1) is 12.7 Å². The van der Waals surface area contributed by atoms with E-state index in [-0.39, 0.29) is 57.8 Å². The third kappa shape index (κ3) is 10.3. The topological polar surface area (TPSA) is 298 Å². The molecule has 19 heteroatoms. The van der Waals surface area contributed by atoms with Gasteiger partial charge in [0, 0.05) is 57.2 Å². The van der Waals surface area contributed by atoms with Crippen LogP contribution in [0.2, 0.25) is 0 Å². The van der Waals surface area contributed by atoms with Gasteiger partial charge < -0.3 is 62.8 Å². The van der Waals surface area contributed by atoms with Gasteiger partial charge in [-0.2, -0.15) is 5.26 Å². The molecular formula is C37H50N10O9. The molecule has 2 heterocycles. The number of amides is 6. The van der Waals surface area contributed by atoms with E-state index in [1.165, 1.54) is 25.8 Å². The third-order valence-electron chi connectivity index (χ3n) is 9.31. The molecule has 2 aliphatic rings. The highest BCUT2D eigenvalue weighted by molar-refractivity contribution is 5.97. The van der Waals surface area contributed by atoms with Crippen LogP contribution in [-0.4, -0.2) is 134 Å². The Bertz CT molecular complexity index is 1840. The zero-order chi connectivity index (χ0) is 41.1. The molecule has 302 valence electrons. The van der Waals surface area contributed by atoms with Crippen molar-refractivity contribution in [1.82, 2.24) is 31.1 Å². The number of aliphatic hydroxyl groups is 1. The number of carbonyl (C=O) groups excluding carboxylic acids is 6. The Morgan fingerprint density at radius 2 is 1.68 bits per heavy atom. The number of likely N-dealkylation sites (N-methyl/N-ethyl adjacent to an activating group) is 1. The average Bonchev–Trinajstić information content (AvgIpc) is 3.57. The van der Waals surface area contributed by atoms with Crippen molar-refractivity contribution in [3.8, 4) is 28.7 Å². The number of nitrogens with one attached hydrogen (secondary N) is 4. The van der Waals surface area contributed by atoms with Crippen molar-refractivity contribution in [1.29, 1.82) is 5.26 Å². The molecule has 1 fully saturated rings. The lowest BCUT2D eigenvalue weighted by Crippen LogP contribution is -2.57. The van der Waals surface area contributed by atoms with Crippen molar-refractivity contribution in [2.75, 3.05) is 53.0 Å². The van der Waals surface area contributed by atoms with Crippen molar-refractivity contribution in [2.24, 2.45) is 17.2 Å². The maximum Gasteiger partial charge on any atom is 0.248 e. The van der Waals surface area contributed by atoms with E-state index in [1.807, 2.05) is 6.07 Å². The van der Waals surface area contributed by atoms with Gasteiger partial charge >= 0.3 is 0 Å². The van der Waals surface area contributed by atoms with E-state index < -0.39 is 78.3 Å². The van der Waals surface area contributed by atoms with Crippen LogP contribution in [0.15, 0.2) is 36.4 Å². The summed E-state index contributed by atoms with van der Waals surface area (Å²) in [7, 11) is 1.37. The van der Waals surface area contributed by atoms with Crippen molar-refractivity contribution >= 4 is 35.4 Å². The second-order valence-electron chi connectivity index (χ2n) is 13.5. The molecule has 0 saturated carbocycles. The van der Waals surface area contributed by atoms with Gasteiger partial charge in [0.15, 0.2) is 0 Å². The summed E-state index contributed by atoms with van der Waals surface area (Å²) < 4.78 is 12.1. The SMILES string of the molecule is CC(=O)N[C@H](CO)C(=O)N1CC(N)C[C@H]1C(=O)N(C)[C@@H]1C(=O)N[C@@H](C)C(=O)N[C@H](C(=O)NCC#N)Cc2ccc(OCCN)c(c2)-c2cc1ccc2OCCN. The molecule has 1 saturated heterocycles. The Morgan fingerprint density at radius 3 is 2.29 bits per heavy atom. The Labute approximate surface area is 324 Å². The van der Waals surface area contributed by atoms with Gasteiger partial charge in [-0.3, -0.25) is 28.8 Å². The second kappa shape index (κ2) is 19.7. The maximum atomic E-state index is 14.5. The first-order valence-corrected chi connectivity index (χ1v) is 18.1. The lowest BCUT2D eigenvalue weighted by molar-refractivity contribution is -0.148. The van der Waals surface area contributed by atoms with E-state index in [0.29, 0.717) is 28.2 Å². The van der Waals surface area contributed by atoms with Gasteiger partial charge in [0.1, 0.15) is 61.5 Å². The molecule has 6 atom stereocenters. The molecule has 2 aliphatic heterocycles. The number of likely N-dealkylation sites (tertiary alicyclic amines) is 1. The summed E-state index contributed by atoms with van der Waals surface area (Å²) in [6.07, 6.45) is 0.00545. The van der Waals surface area contributed by atoms with Crippen molar-refractivity contribution in [2.45, 2.75) is 62.9 Å². The summed E-state index contributed by atoms with van der Waals surface area (Å²) >= 11 is 0. The number of nitriles is 1. The number of nitrogens with two attached hydrogens (primary N) is 3. The van der Waals surface area contributed by atoms with Crippen LogP contribution in [0.1, 0.15) is 37.4 Å². The van der Waals surface area contributed by atoms with Gasteiger partial charge in [-0.25, -0.2) is 0 Å². The minimum absolute atomic E-state index is 0.00972. The van der Waals surface area contributed by atoms with E-state index in [4.69, 9.17) is 31.9 Å². The minimum Gasteiger partial charge on any atom is -0.492 e. The Kier molecular flexibility index (Phi) is 15.1. The fourth-order valence-electron chi connectivity index (χ4n) is 6.67. The van der Waals surface area contributed by atoms with E-state index >= 15 is 0 Å². The van der Waals surface area contributed by atoms with E-state index in [1.54, 1.807) is 36.4 Å². The quantitative estimate of drug-likeness (QED) is 0.0951. The summed E-state index contributed by atoms with van der Waals surface area (Å²) in [5, 5.41) is 29.2. The van der Waals surface area contributed by atoms with Crippen LogP contribution in [0.25, 0.3) is 11.1 Å². The molecule has 6 amide bonds. The van der Waals surface area contributed by atoms with Crippen molar-refractivity contribution in [3.63, 3.8) is 0 Å². The summed E-state index contributed by atoms with van der Waals surface area (Å²) in [5.74, 6) is -3.40. The first-order chi connectivity index (χ1) is 26.7. The molecular weight excluding hydrogens is 728 g/mol. The molecule has 0 spiro atoms. The van der Waals surface area contributed by atoms with Crippen LogP contribution >= 0.6 is 0 Å². The minimum atomic E-state index is -1.42. The smallest absolute Gasteiger partial charge is 0.248 e. The molecule has 4 bridgehead atoms. The normalized spacial score (nSPS) is 21.3. The van der Waals surface area contributed by atoms with Gasteiger partial charge in [0.25, 0.3) is 0 Å². The number of ether oxygens (including phenoxy) is 2. The second-order valence-corrected chi connectivity index (χ2v) is 13.5. The average molecular weight is 779 g/mol. The number of fused-ring (bicyclic) bond motifs is 5. The first kappa shape index (κ1) is 42.9. The Morgan fingerprint density at radius 1 is 1.04 bits per heavy atom. The zero-order valence-electron chi connectivity index (χ0n) is 31.6. The number of aliphatic hydroxyl groups excluding tert-OH is 1. The lowest BCUT2D eigenvalue weighted by atomic mass is 9.93. The van der Waals surface area contributed by atoms with Crippen LogP contribution in [-0.2, 0) is 35.2 Å². The van der Waals surface area contributed by atoms with Gasteiger partial charge in [-0.1, -0.05) is 12.1 Å². The number of hydrogen-bond donors (Lipinski definition) is 8. The Balaban J connectivity index is 1.89. The van der Waals surface area contributed by atoms with E-state index in [9.17, 15) is 33.9 Å². The number of benzene rings is 2. The molecule has 0 radical (unpaired) electrons. The van der Waals surface area contributed by atoms with Crippen molar-refractivity contribution in [3.05, 3.63) is 47.5 Å². The molecule has 1 unspecified atom stereocenters. The van der Waals surface area contributed by atoms with Gasteiger partial charge in [-0.05, 0) is 48.7 Å². The zero-order valence-corrected chi connectivity index (χ0v) is 31.6. The number of hydrogen-bond acceptors (Lipinski definition) is 13. The van der Waals surface area contributed by atoms with Crippen LogP contribution < -0.4 is 47.9 Å². The fourth-order valence-corrected chi connectivity index (χ4v) is 6.67. The summed E-state index contributed by atoms with van der Waals surface area (Å²) in [4.78, 5) is 83.3. The summed E-state index contributed by atoms with van der Waals surface area (Å²) in [6, 6.07) is 4.84. The molecule has 56 heavy (non-hydrogen) atoms. The van der Waals surface area contributed by atoms with Crippen LogP contribution in [0, 0.1) is 11.3 Å². The number of nitrogens with zero attached hydrogens (tertiary/aromatic N) is 3. The first-order valence-electron chi connectivity index (χ1n) is 18.1. The number of rotatable bonds is 13. The van der Waals surface area contributed by atoms with Crippen LogP contribution in [0.4, 0.5) is 0 Å². The molecule has 11 N–H and O–H groups in total. The highest BCUT2D eigenvalue weighted by Gasteiger charge is 2.44. The third-order valence-corrected chi connectivity index (χ3v) is 9.31. The molecule has 2 aromatic rings. The molecule has 0 aromatic heterocycles. The van der Waals surface area contributed by atoms with Gasteiger partial charge in [0.2, 0.25) is 35.4 Å². The highest BCUT2D eigenvalue weighted by Crippen LogP contribution is 2.40. The van der Waals surface area contributed by atoms with Crippen LogP contribution in [0.3, 0.4) is 0 Å². The summed E-state index contributed by atoms with van der Waals surface area (Å²) in [5.41, 5.74) is 19.6. The highest BCUT2D eigenvalue weighted by atomic mass is 16.5. The molecule has 4 rings (SSSR count). The van der Waals surface area contributed by atoms with E-state index in [2.05, 4.69) is 21.3 Å². The Hall–Kier alpha value is -5.81. The standard InChI is InChI=1S/C37H50N10O9/c1-20-33(50)45-27(34(51)42-11-8-38)15-22-4-6-30(55-12-9-39)25(14-22)26-16-23(5-7-31(26)56-13-10-40)32(35(52)43-20)46(3)37(54)29-17-24(41)18-47(29)36(53)28(19-48)44-21(2)49/h4-7,14,16,20,24,27-29,32,48H,9-13,15,17-19,39-41H2,1-3H3,(H,42,51)(H,43,52)(H,44,49)(H,45,50)/t20-,24?,27-,28+,29-,32-/m0/s1. The molecule has 0 aliphatic carbocycles. The monoisotopic (exact) mass is 778 g/mol. The van der Waals surface area contributed by atoms with Crippen molar-refractivity contribution < 1.29 is 43.3 Å². The molecule has 2 aromatic carbocycles. The largest absolute Gasteiger partial charge is 0.492 e. The maximum absolute atomic E-state index is 14.5. The lowest BCUT2D eigenvalue weighted by Gasteiger charge is -2.34. The van der Waals surface area contributed by atoms with E-state index in [0.717, 1.165) is 4.90 Å². The predicted octanol–water partition coefficient (Wildman–Crippen LogP) is -2.86. The van der Waals surface area contributed by atoms with Gasteiger partial charge in [-0.15, -0.1) is 0 Å². The fraction of sp³-hybridized carbons (Fsp3) is 0.486.